The molecule has 0 spiro atoms. The van der Waals surface area contributed by atoms with Crippen LogP contribution in [0.15, 0.2) is 40.9 Å². The zero-order valence-corrected chi connectivity index (χ0v) is 13.9. The van der Waals surface area contributed by atoms with Gasteiger partial charge in [-0.15, -0.1) is 0 Å². The summed E-state index contributed by atoms with van der Waals surface area (Å²) >= 11 is 0. The Kier molecular flexibility index (Phi) is 5.61. The fourth-order valence-electron chi connectivity index (χ4n) is 2.87. The lowest BCUT2D eigenvalue weighted by Crippen LogP contribution is -2.44. The molecule has 2 heterocycles. The normalized spacial score (nSPS) is 18.5. The fourth-order valence-corrected chi connectivity index (χ4v) is 2.87. The Balaban J connectivity index is 1.42. The number of nitrogens with zero attached hydrogens (tertiary/aromatic N) is 2. The van der Waals surface area contributed by atoms with Gasteiger partial charge in [0.2, 0.25) is 5.91 Å². The minimum Gasteiger partial charge on any atom is -0.375 e. The van der Waals surface area contributed by atoms with E-state index in [1.165, 1.54) is 5.56 Å². The van der Waals surface area contributed by atoms with Gasteiger partial charge in [-0.3, -0.25) is 9.69 Å². The summed E-state index contributed by atoms with van der Waals surface area (Å²) in [5, 5.41) is 6.52. The third kappa shape index (κ3) is 4.91. The van der Waals surface area contributed by atoms with E-state index in [4.69, 9.17) is 9.26 Å². The van der Waals surface area contributed by atoms with Gasteiger partial charge in [0.1, 0.15) is 5.76 Å². The smallest absolute Gasteiger partial charge is 0.226 e. The van der Waals surface area contributed by atoms with Crippen molar-refractivity contribution in [2.75, 3.05) is 31.6 Å². The Labute approximate surface area is 141 Å². The highest BCUT2D eigenvalue weighted by Crippen LogP contribution is 2.12. The maximum Gasteiger partial charge on any atom is 0.226 e. The number of rotatable bonds is 6. The number of aromatic nitrogens is 1. The lowest BCUT2D eigenvalue weighted by atomic mass is 10.1. The van der Waals surface area contributed by atoms with Gasteiger partial charge in [-0.25, -0.2) is 0 Å². The lowest BCUT2D eigenvalue weighted by Gasteiger charge is -2.32. The molecule has 1 aromatic heterocycles. The molecule has 2 aromatic rings. The molecule has 24 heavy (non-hydrogen) atoms. The number of hydrogen-bond acceptors (Lipinski definition) is 5. The number of carbonyl (C=O) groups is 1. The van der Waals surface area contributed by atoms with E-state index in [0.717, 1.165) is 26.1 Å². The van der Waals surface area contributed by atoms with Crippen LogP contribution in [0.5, 0.6) is 0 Å². The molecule has 1 atom stereocenters. The molecular weight excluding hydrogens is 306 g/mol. The monoisotopic (exact) mass is 329 g/mol. The van der Waals surface area contributed by atoms with Gasteiger partial charge in [0.15, 0.2) is 5.82 Å². The molecule has 6 nitrogen and oxygen atoms in total. The van der Waals surface area contributed by atoms with Gasteiger partial charge >= 0.3 is 0 Å². The Bertz CT molecular complexity index is 657. The largest absolute Gasteiger partial charge is 0.375 e. The standard InChI is InChI=1S/C18H23N3O3/c1-14-11-17(20-24-14)19-18(22)7-8-21-9-10-23-16(13-21)12-15-5-3-2-4-6-15/h2-6,11,16H,7-10,12-13H2,1H3,(H,19,20,22)/t16-/m0/s1. The van der Waals surface area contributed by atoms with Crippen LogP contribution in [0.4, 0.5) is 5.82 Å². The molecule has 128 valence electrons. The zero-order chi connectivity index (χ0) is 16.8. The number of nitrogens with one attached hydrogen (secondary N) is 1. The number of aryl methyl sites for hydroxylation is 1. The third-order valence-electron chi connectivity index (χ3n) is 4.08. The molecule has 0 unspecified atom stereocenters. The zero-order valence-electron chi connectivity index (χ0n) is 13.9. The van der Waals surface area contributed by atoms with Gasteiger partial charge in [-0.05, 0) is 18.9 Å². The Morgan fingerprint density at radius 1 is 1.38 bits per heavy atom. The van der Waals surface area contributed by atoms with E-state index >= 15 is 0 Å². The van der Waals surface area contributed by atoms with E-state index in [1.54, 1.807) is 13.0 Å². The third-order valence-corrected chi connectivity index (χ3v) is 4.08. The van der Waals surface area contributed by atoms with Crippen LogP contribution >= 0.6 is 0 Å². The summed E-state index contributed by atoms with van der Waals surface area (Å²) in [6.45, 7) is 4.94. The SMILES string of the molecule is Cc1cc(NC(=O)CCN2CCO[C@@H](Cc3ccccc3)C2)no1. The Hall–Kier alpha value is -2.18. The lowest BCUT2D eigenvalue weighted by molar-refractivity contribution is -0.117. The van der Waals surface area contributed by atoms with E-state index in [0.29, 0.717) is 24.6 Å². The van der Waals surface area contributed by atoms with Crippen LogP contribution < -0.4 is 5.32 Å². The molecule has 0 saturated carbocycles. The highest BCUT2D eigenvalue weighted by Gasteiger charge is 2.21. The summed E-state index contributed by atoms with van der Waals surface area (Å²) in [7, 11) is 0. The van der Waals surface area contributed by atoms with Gasteiger partial charge in [0.25, 0.3) is 0 Å². The average molecular weight is 329 g/mol. The first kappa shape index (κ1) is 16.7. The van der Waals surface area contributed by atoms with Crippen molar-refractivity contribution >= 4 is 11.7 Å². The Morgan fingerprint density at radius 2 is 2.21 bits per heavy atom. The molecule has 1 aliphatic rings. The van der Waals surface area contributed by atoms with Crippen molar-refractivity contribution in [3.05, 3.63) is 47.7 Å². The second-order valence-electron chi connectivity index (χ2n) is 6.10. The number of morpholine rings is 1. The van der Waals surface area contributed by atoms with Crippen molar-refractivity contribution in [2.24, 2.45) is 0 Å². The van der Waals surface area contributed by atoms with Gasteiger partial charge in [0, 0.05) is 32.1 Å². The summed E-state index contributed by atoms with van der Waals surface area (Å²) < 4.78 is 10.8. The van der Waals surface area contributed by atoms with Gasteiger partial charge < -0.3 is 14.6 Å². The van der Waals surface area contributed by atoms with E-state index in [9.17, 15) is 4.79 Å². The maximum absolute atomic E-state index is 12.0. The van der Waals surface area contributed by atoms with Crippen molar-refractivity contribution in [2.45, 2.75) is 25.9 Å². The van der Waals surface area contributed by atoms with E-state index < -0.39 is 0 Å². The number of benzene rings is 1. The molecule has 1 saturated heterocycles. The molecule has 1 N–H and O–H groups in total. The fraction of sp³-hybridized carbons (Fsp3) is 0.444. The highest BCUT2D eigenvalue weighted by molar-refractivity contribution is 5.89. The van der Waals surface area contributed by atoms with E-state index in [1.807, 2.05) is 18.2 Å². The minimum absolute atomic E-state index is 0.0469. The van der Waals surface area contributed by atoms with Crippen molar-refractivity contribution in [3.8, 4) is 0 Å². The molecule has 1 aromatic carbocycles. The van der Waals surface area contributed by atoms with Crippen molar-refractivity contribution < 1.29 is 14.1 Å². The average Bonchev–Trinajstić information content (AvgIpc) is 2.99. The Morgan fingerprint density at radius 3 is 2.96 bits per heavy atom. The predicted molar refractivity (Wildman–Crippen MR) is 90.8 cm³/mol. The van der Waals surface area contributed by atoms with Crippen molar-refractivity contribution in [1.82, 2.24) is 10.1 Å². The number of amides is 1. The summed E-state index contributed by atoms with van der Waals surface area (Å²) in [5.74, 6) is 1.11. The summed E-state index contributed by atoms with van der Waals surface area (Å²) in [6.07, 6.45) is 1.52. The molecule has 0 aliphatic carbocycles. The summed E-state index contributed by atoms with van der Waals surface area (Å²) in [5.41, 5.74) is 1.28. The van der Waals surface area contributed by atoms with E-state index in [2.05, 4.69) is 27.5 Å². The first-order valence-corrected chi connectivity index (χ1v) is 8.30. The highest BCUT2D eigenvalue weighted by atomic mass is 16.5. The molecule has 6 heteroatoms. The van der Waals surface area contributed by atoms with Crippen LogP contribution in [0.2, 0.25) is 0 Å². The molecule has 0 bridgehead atoms. The first-order chi connectivity index (χ1) is 11.7. The topological polar surface area (TPSA) is 67.6 Å². The van der Waals surface area contributed by atoms with Gasteiger partial charge in [-0.2, -0.15) is 0 Å². The number of carbonyl (C=O) groups excluding carboxylic acids is 1. The molecule has 1 aliphatic heterocycles. The van der Waals surface area contributed by atoms with E-state index in [-0.39, 0.29) is 12.0 Å². The van der Waals surface area contributed by atoms with Crippen LogP contribution in [-0.4, -0.2) is 48.3 Å². The minimum atomic E-state index is -0.0469. The molecule has 0 radical (unpaired) electrons. The summed E-state index contributed by atoms with van der Waals surface area (Å²) in [6, 6.07) is 12.1. The van der Waals surface area contributed by atoms with Crippen LogP contribution in [-0.2, 0) is 16.0 Å². The quantitative estimate of drug-likeness (QED) is 0.880. The van der Waals surface area contributed by atoms with Crippen LogP contribution in [0.1, 0.15) is 17.7 Å². The summed E-state index contributed by atoms with van der Waals surface area (Å²) in [4.78, 5) is 14.3. The second-order valence-corrected chi connectivity index (χ2v) is 6.10. The molecule has 1 fully saturated rings. The van der Waals surface area contributed by atoms with Crippen LogP contribution in [0, 0.1) is 6.92 Å². The molecular formula is C18H23N3O3. The maximum atomic E-state index is 12.0. The van der Waals surface area contributed by atoms with Crippen LogP contribution in [0.3, 0.4) is 0 Å². The second kappa shape index (κ2) is 8.08. The van der Waals surface area contributed by atoms with Crippen LogP contribution in [0.25, 0.3) is 0 Å². The first-order valence-electron chi connectivity index (χ1n) is 8.30. The van der Waals surface area contributed by atoms with Gasteiger partial charge in [-0.1, -0.05) is 35.5 Å². The predicted octanol–water partition coefficient (Wildman–Crippen LogP) is 2.26. The van der Waals surface area contributed by atoms with Crippen molar-refractivity contribution in [1.29, 1.82) is 0 Å². The molecule has 1 amide bonds. The number of anilines is 1. The van der Waals surface area contributed by atoms with Crippen molar-refractivity contribution in [3.63, 3.8) is 0 Å². The molecule has 3 rings (SSSR count). The number of hydrogen-bond donors (Lipinski definition) is 1. The number of ether oxygens (including phenoxy) is 1. The van der Waals surface area contributed by atoms with Gasteiger partial charge in [0.05, 0.1) is 12.7 Å².